The van der Waals surface area contributed by atoms with Crippen molar-refractivity contribution >= 4 is 17.6 Å². The summed E-state index contributed by atoms with van der Waals surface area (Å²) in [6, 6.07) is 9.48. The summed E-state index contributed by atoms with van der Waals surface area (Å²) in [5.41, 5.74) is 1.61. The van der Waals surface area contributed by atoms with E-state index in [-0.39, 0.29) is 18.5 Å². The lowest BCUT2D eigenvalue weighted by Crippen LogP contribution is -2.47. The number of rotatable bonds is 5. The molecule has 1 aromatic carbocycles. The second-order valence-corrected chi connectivity index (χ2v) is 5.98. The lowest BCUT2D eigenvalue weighted by atomic mass is 10.1. The highest BCUT2D eigenvalue weighted by atomic mass is 16.5. The van der Waals surface area contributed by atoms with Crippen LogP contribution in [-0.4, -0.2) is 62.7 Å². The van der Waals surface area contributed by atoms with Gasteiger partial charge in [-0.3, -0.25) is 14.5 Å². The molecule has 0 spiro atoms. The van der Waals surface area contributed by atoms with Crippen LogP contribution < -0.4 is 10.2 Å². The number of methoxy groups -OCH3 is 1. The number of nitriles is 1. The Morgan fingerprint density at radius 1 is 1.28 bits per heavy atom. The van der Waals surface area contributed by atoms with Crippen molar-refractivity contribution in [3.05, 3.63) is 29.8 Å². The van der Waals surface area contributed by atoms with Crippen LogP contribution >= 0.6 is 0 Å². The van der Waals surface area contributed by atoms with E-state index in [9.17, 15) is 14.9 Å². The fourth-order valence-electron chi connectivity index (χ4n) is 2.95. The minimum absolute atomic E-state index is 0.116. The molecular formula is C18H24N4O3. The Bertz CT molecular complexity index is 656. The number of para-hydroxylation sites is 1. The van der Waals surface area contributed by atoms with Crippen LogP contribution in [0.25, 0.3) is 0 Å². The maximum absolute atomic E-state index is 12.2. The minimum atomic E-state index is -0.462. The summed E-state index contributed by atoms with van der Waals surface area (Å²) in [4.78, 5) is 27.6. The number of ether oxygens (including phenoxy) is 1. The Balaban J connectivity index is 1.95. The van der Waals surface area contributed by atoms with Crippen molar-refractivity contribution in [3.8, 4) is 6.07 Å². The van der Waals surface area contributed by atoms with Crippen molar-refractivity contribution in [2.75, 3.05) is 44.7 Å². The zero-order valence-corrected chi connectivity index (χ0v) is 14.7. The van der Waals surface area contributed by atoms with Crippen LogP contribution in [0.3, 0.4) is 0 Å². The summed E-state index contributed by atoms with van der Waals surface area (Å²) in [7, 11) is 1.29. The number of benzene rings is 1. The van der Waals surface area contributed by atoms with Gasteiger partial charge in [0.25, 0.3) is 0 Å². The maximum atomic E-state index is 12.2. The lowest BCUT2D eigenvalue weighted by molar-refractivity contribution is -0.141. The van der Waals surface area contributed by atoms with E-state index in [1.807, 2.05) is 31.2 Å². The first kappa shape index (κ1) is 18.7. The summed E-state index contributed by atoms with van der Waals surface area (Å²) >= 11 is 0. The van der Waals surface area contributed by atoms with Crippen LogP contribution in [0.4, 0.5) is 5.69 Å². The predicted octanol–water partition coefficient (Wildman–Crippen LogP) is 0.748. The van der Waals surface area contributed by atoms with Gasteiger partial charge in [-0.05, 0) is 25.5 Å². The van der Waals surface area contributed by atoms with E-state index in [1.54, 1.807) is 0 Å². The molecule has 7 nitrogen and oxygen atoms in total. The third-order valence-electron chi connectivity index (χ3n) is 4.46. The number of hydrogen-bond donors (Lipinski definition) is 1. The van der Waals surface area contributed by atoms with Gasteiger partial charge in [-0.25, -0.2) is 0 Å². The second-order valence-electron chi connectivity index (χ2n) is 5.98. The summed E-state index contributed by atoms with van der Waals surface area (Å²) in [5.74, 6) is -0.646. The highest BCUT2D eigenvalue weighted by Gasteiger charge is 2.25. The van der Waals surface area contributed by atoms with Gasteiger partial charge in [0.2, 0.25) is 5.91 Å². The number of nitrogens with zero attached hydrogens (tertiary/aromatic N) is 3. The van der Waals surface area contributed by atoms with Crippen molar-refractivity contribution in [2.45, 2.75) is 19.4 Å². The van der Waals surface area contributed by atoms with E-state index >= 15 is 0 Å². The zero-order valence-electron chi connectivity index (χ0n) is 14.7. The van der Waals surface area contributed by atoms with Gasteiger partial charge in [0.15, 0.2) is 0 Å². The smallest absolute Gasteiger partial charge is 0.325 e. The average molecular weight is 344 g/mol. The first-order chi connectivity index (χ1) is 12.1. The minimum Gasteiger partial charge on any atom is -0.468 e. The van der Waals surface area contributed by atoms with Crippen molar-refractivity contribution in [1.82, 2.24) is 10.2 Å². The summed E-state index contributed by atoms with van der Waals surface area (Å²) in [5, 5.41) is 11.9. The van der Waals surface area contributed by atoms with Gasteiger partial charge >= 0.3 is 5.97 Å². The quantitative estimate of drug-likeness (QED) is 0.793. The molecule has 0 aliphatic carbocycles. The van der Waals surface area contributed by atoms with Crippen LogP contribution in [0, 0.1) is 11.3 Å². The molecule has 0 aromatic heterocycles. The van der Waals surface area contributed by atoms with Crippen LogP contribution in [0.15, 0.2) is 24.3 Å². The van der Waals surface area contributed by atoms with Gasteiger partial charge in [0.05, 0.1) is 24.4 Å². The maximum Gasteiger partial charge on any atom is 0.325 e. The first-order valence-electron chi connectivity index (χ1n) is 8.39. The van der Waals surface area contributed by atoms with Crippen LogP contribution in [0.2, 0.25) is 0 Å². The monoisotopic (exact) mass is 344 g/mol. The van der Waals surface area contributed by atoms with Gasteiger partial charge in [-0.2, -0.15) is 5.26 Å². The number of esters is 1. The SMILES string of the molecule is COC(=O)CNC(=O)[C@@H](C)N1CCCN(c2ccccc2C#N)CC1. The summed E-state index contributed by atoms with van der Waals surface area (Å²) in [6.45, 7) is 4.81. The standard InChI is InChI=1S/C18H24N4O3/c1-14(18(24)20-13-17(23)25-2)21-8-5-9-22(11-10-21)16-7-4-3-6-15(16)12-19/h3-4,6-7,14H,5,8-11,13H2,1-2H3,(H,20,24)/t14-/m1/s1. The Morgan fingerprint density at radius 3 is 2.76 bits per heavy atom. The molecule has 1 fully saturated rings. The zero-order chi connectivity index (χ0) is 18.2. The van der Waals surface area contributed by atoms with Gasteiger partial charge in [0, 0.05) is 26.2 Å². The topological polar surface area (TPSA) is 85.7 Å². The van der Waals surface area contributed by atoms with Crippen LogP contribution in [0.1, 0.15) is 18.9 Å². The molecule has 1 amide bonds. The number of amides is 1. The Kier molecular flexibility index (Phi) is 6.78. The first-order valence-corrected chi connectivity index (χ1v) is 8.39. The van der Waals surface area contributed by atoms with E-state index in [2.05, 4.69) is 25.9 Å². The molecule has 0 unspecified atom stereocenters. The molecule has 1 atom stereocenters. The van der Waals surface area contributed by atoms with Gasteiger partial charge in [-0.1, -0.05) is 12.1 Å². The molecule has 1 aliphatic heterocycles. The number of nitrogens with one attached hydrogen (secondary N) is 1. The summed E-state index contributed by atoms with van der Waals surface area (Å²) in [6.07, 6.45) is 0.897. The van der Waals surface area contributed by atoms with Gasteiger partial charge < -0.3 is 15.0 Å². The predicted molar refractivity (Wildman–Crippen MR) is 94.0 cm³/mol. The molecule has 0 bridgehead atoms. The number of carbonyl (C=O) groups is 2. The Labute approximate surface area is 148 Å². The molecule has 25 heavy (non-hydrogen) atoms. The number of anilines is 1. The number of carbonyl (C=O) groups excluding carboxylic acids is 2. The van der Waals surface area contributed by atoms with E-state index in [0.717, 1.165) is 31.7 Å². The van der Waals surface area contributed by atoms with E-state index in [0.29, 0.717) is 12.1 Å². The second kappa shape index (κ2) is 9.04. The molecule has 1 N–H and O–H groups in total. The van der Waals surface area contributed by atoms with E-state index < -0.39 is 5.97 Å². The molecule has 1 aromatic rings. The van der Waals surface area contributed by atoms with Crippen LogP contribution in [-0.2, 0) is 14.3 Å². The molecule has 0 radical (unpaired) electrons. The lowest BCUT2D eigenvalue weighted by Gasteiger charge is -2.27. The highest BCUT2D eigenvalue weighted by Crippen LogP contribution is 2.21. The summed E-state index contributed by atoms with van der Waals surface area (Å²) < 4.78 is 4.53. The molecule has 7 heteroatoms. The third kappa shape index (κ3) is 4.94. The van der Waals surface area contributed by atoms with Crippen LogP contribution in [0.5, 0.6) is 0 Å². The highest BCUT2D eigenvalue weighted by molar-refractivity contribution is 5.85. The van der Waals surface area contributed by atoms with Crippen molar-refractivity contribution in [2.24, 2.45) is 0 Å². The normalized spacial score (nSPS) is 16.4. The molecule has 0 saturated carbocycles. The molecule has 1 heterocycles. The van der Waals surface area contributed by atoms with Gasteiger partial charge in [-0.15, -0.1) is 0 Å². The van der Waals surface area contributed by atoms with Crippen molar-refractivity contribution in [3.63, 3.8) is 0 Å². The molecule has 2 rings (SSSR count). The van der Waals surface area contributed by atoms with E-state index in [4.69, 9.17) is 0 Å². The fourth-order valence-corrected chi connectivity index (χ4v) is 2.95. The van der Waals surface area contributed by atoms with Crippen molar-refractivity contribution < 1.29 is 14.3 Å². The van der Waals surface area contributed by atoms with Crippen molar-refractivity contribution in [1.29, 1.82) is 5.26 Å². The molecule has 1 saturated heterocycles. The van der Waals surface area contributed by atoms with Gasteiger partial charge in [0.1, 0.15) is 12.6 Å². The van der Waals surface area contributed by atoms with E-state index in [1.165, 1.54) is 7.11 Å². The largest absolute Gasteiger partial charge is 0.468 e. The number of hydrogen-bond acceptors (Lipinski definition) is 6. The Morgan fingerprint density at radius 2 is 2.04 bits per heavy atom. The molecule has 1 aliphatic rings. The molecular weight excluding hydrogens is 320 g/mol. The Hall–Kier alpha value is -2.59. The average Bonchev–Trinajstić information content (AvgIpc) is 2.91. The third-order valence-corrected chi connectivity index (χ3v) is 4.46. The molecule has 134 valence electrons. The fraction of sp³-hybridized carbons (Fsp3) is 0.500.